The summed E-state index contributed by atoms with van der Waals surface area (Å²) in [5, 5.41) is 0. The molecule has 0 aromatic carbocycles. The van der Waals surface area contributed by atoms with Crippen LogP contribution in [0.15, 0.2) is 12.3 Å². The number of ether oxygens (including phenoxy) is 1. The first-order valence-corrected chi connectivity index (χ1v) is 10.3. The third-order valence-electron chi connectivity index (χ3n) is 5.03. The molecular formula is C16H29N3O3S. The lowest BCUT2D eigenvalue weighted by Gasteiger charge is -2.37. The number of piperazine rings is 1. The molecule has 1 atom stereocenters. The lowest BCUT2D eigenvalue weighted by molar-refractivity contribution is 0.0648. The summed E-state index contributed by atoms with van der Waals surface area (Å²) in [5.74, 6) is 0. The van der Waals surface area contributed by atoms with Gasteiger partial charge in [0.15, 0.2) is 0 Å². The zero-order valence-corrected chi connectivity index (χ0v) is 14.7. The summed E-state index contributed by atoms with van der Waals surface area (Å²) in [6.07, 6.45) is 10.5. The molecule has 3 heterocycles. The highest BCUT2D eigenvalue weighted by Crippen LogP contribution is 2.19. The van der Waals surface area contributed by atoms with Crippen molar-refractivity contribution in [2.75, 3.05) is 45.8 Å². The molecule has 0 radical (unpaired) electrons. The van der Waals surface area contributed by atoms with E-state index in [4.69, 9.17) is 4.74 Å². The highest BCUT2D eigenvalue weighted by Gasteiger charge is 2.33. The Morgan fingerprint density at radius 1 is 0.913 bits per heavy atom. The zero-order valence-electron chi connectivity index (χ0n) is 13.9. The summed E-state index contributed by atoms with van der Waals surface area (Å²) >= 11 is 0. The van der Waals surface area contributed by atoms with E-state index in [1.165, 1.54) is 0 Å². The van der Waals surface area contributed by atoms with Crippen molar-refractivity contribution in [3.8, 4) is 0 Å². The van der Waals surface area contributed by atoms with Gasteiger partial charge >= 0.3 is 0 Å². The second-order valence-corrected chi connectivity index (χ2v) is 8.66. The molecular weight excluding hydrogens is 314 g/mol. The summed E-state index contributed by atoms with van der Waals surface area (Å²) in [6.45, 7) is 5.08. The van der Waals surface area contributed by atoms with Gasteiger partial charge in [0.2, 0.25) is 0 Å². The largest absolute Gasteiger partial charge is 0.497 e. The van der Waals surface area contributed by atoms with Crippen LogP contribution in [0.1, 0.15) is 38.5 Å². The van der Waals surface area contributed by atoms with E-state index in [0.29, 0.717) is 26.2 Å². The van der Waals surface area contributed by atoms with Gasteiger partial charge in [0.1, 0.15) is 6.10 Å². The maximum atomic E-state index is 12.8. The molecule has 0 unspecified atom stereocenters. The van der Waals surface area contributed by atoms with Crippen molar-refractivity contribution >= 4 is 10.2 Å². The average Bonchev–Trinajstić information content (AvgIpc) is 2.86. The van der Waals surface area contributed by atoms with E-state index in [9.17, 15) is 8.42 Å². The summed E-state index contributed by atoms with van der Waals surface area (Å²) in [4.78, 5) is 2.33. The molecule has 0 aromatic heterocycles. The minimum atomic E-state index is -3.27. The molecule has 23 heavy (non-hydrogen) atoms. The summed E-state index contributed by atoms with van der Waals surface area (Å²) in [7, 11) is -3.27. The molecule has 6 nitrogen and oxygen atoms in total. The number of nitrogens with zero attached hydrogens (tertiary/aromatic N) is 3. The Morgan fingerprint density at radius 2 is 1.57 bits per heavy atom. The smallest absolute Gasteiger partial charge is 0.282 e. The molecule has 2 saturated heterocycles. The molecule has 0 saturated carbocycles. The van der Waals surface area contributed by atoms with Crippen LogP contribution in [0.5, 0.6) is 0 Å². The number of hydrogen-bond donors (Lipinski definition) is 0. The lowest BCUT2D eigenvalue weighted by Crippen LogP contribution is -2.54. The molecule has 0 bridgehead atoms. The SMILES string of the molecule is O=S(=O)(N1CCCCCC1)N1CCN(C[C@@H]2CCC=CO2)CC1. The van der Waals surface area contributed by atoms with Gasteiger partial charge in [-0.15, -0.1) is 0 Å². The van der Waals surface area contributed by atoms with E-state index < -0.39 is 10.2 Å². The minimum absolute atomic E-state index is 0.258. The van der Waals surface area contributed by atoms with Gasteiger partial charge in [0.25, 0.3) is 10.2 Å². The first-order valence-electron chi connectivity index (χ1n) is 8.94. The molecule has 0 aliphatic carbocycles. The van der Waals surface area contributed by atoms with Crippen molar-refractivity contribution in [3.63, 3.8) is 0 Å². The molecule has 0 N–H and O–H groups in total. The second-order valence-electron chi connectivity index (χ2n) is 6.73. The van der Waals surface area contributed by atoms with Crippen LogP contribution in [0.25, 0.3) is 0 Å². The Hall–Kier alpha value is -0.630. The molecule has 7 heteroatoms. The van der Waals surface area contributed by atoms with Gasteiger partial charge in [0, 0.05) is 45.8 Å². The van der Waals surface area contributed by atoms with Crippen LogP contribution in [0.4, 0.5) is 0 Å². The van der Waals surface area contributed by atoms with Crippen molar-refractivity contribution in [2.24, 2.45) is 0 Å². The van der Waals surface area contributed by atoms with E-state index in [1.54, 1.807) is 14.9 Å². The molecule has 2 fully saturated rings. The molecule has 0 spiro atoms. The van der Waals surface area contributed by atoms with Crippen LogP contribution in [-0.2, 0) is 14.9 Å². The van der Waals surface area contributed by atoms with Crippen molar-refractivity contribution in [1.29, 1.82) is 0 Å². The molecule has 3 aliphatic heterocycles. The van der Waals surface area contributed by atoms with Crippen molar-refractivity contribution in [1.82, 2.24) is 13.5 Å². The van der Waals surface area contributed by atoms with Crippen LogP contribution >= 0.6 is 0 Å². The Labute approximate surface area is 140 Å². The second kappa shape index (κ2) is 7.96. The van der Waals surface area contributed by atoms with Gasteiger partial charge in [0.05, 0.1) is 6.26 Å². The minimum Gasteiger partial charge on any atom is -0.497 e. The van der Waals surface area contributed by atoms with Crippen molar-refractivity contribution in [3.05, 3.63) is 12.3 Å². The normalized spacial score (nSPS) is 29.1. The van der Waals surface area contributed by atoms with E-state index in [1.807, 2.05) is 0 Å². The Bertz CT molecular complexity index is 493. The zero-order chi connectivity index (χ0) is 16.1. The van der Waals surface area contributed by atoms with Crippen LogP contribution in [0.3, 0.4) is 0 Å². The fraction of sp³-hybridized carbons (Fsp3) is 0.875. The summed E-state index contributed by atoms with van der Waals surface area (Å²) in [5.41, 5.74) is 0. The maximum Gasteiger partial charge on any atom is 0.282 e. The van der Waals surface area contributed by atoms with Gasteiger partial charge in [-0.1, -0.05) is 12.8 Å². The van der Waals surface area contributed by atoms with Gasteiger partial charge in [-0.05, 0) is 31.8 Å². The van der Waals surface area contributed by atoms with Gasteiger partial charge < -0.3 is 4.74 Å². The molecule has 3 rings (SSSR count). The number of hydrogen-bond acceptors (Lipinski definition) is 4. The van der Waals surface area contributed by atoms with Crippen LogP contribution < -0.4 is 0 Å². The van der Waals surface area contributed by atoms with Crippen molar-refractivity contribution in [2.45, 2.75) is 44.6 Å². The van der Waals surface area contributed by atoms with E-state index in [0.717, 1.165) is 58.2 Å². The van der Waals surface area contributed by atoms with Gasteiger partial charge in [-0.2, -0.15) is 17.0 Å². The number of rotatable bonds is 4. The van der Waals surface area contributed by atoms with E-state index >= 15 is 0 Å². The van der Waals surface area contributed by atoms with E-state index in [-0.39, 0.29) is 6.10 Å². The van der Waals surface area contributed by atoms with Gasteiger partial charge in [-0.3, -0.25) is 4.90 Å². The fourth-order valence-electron chi connectivity index (χ4n) is 3.59. The van der Waals surface area contributed by atoms with Crippen LogP contribution in [-0.4, -0.2) is 73.8 Å². The third kappa shape index (κ3) is 4.47. The predicted octanol–water partition coefficient (Wildman–Crippen LogP) is 1.42. The van der Waals surface area contributed by atoms with Crippen LogP contribution in [0, 0.1) is 0 Å². The maximum absolute atomic E-state index is 12.8. The monoisotopic (exact) mass is 343 g/mol. The highest BCUT2D eigenvalue weighted by atomic mass is 32.2. The lowest BCUT2D eigenvalue weighted by atomic mass is 10.1. The average molecular weight is 343 g/mol. The van der Waals surface area contributed by atoms with Crippen molar-refractivity contribution < 1.29 is 13.2 Å². The molecule has 3 aliphatic rings. The standard InChI is InChI=1S/C16H29N3O3S/c20-23(21,18-8-4-1-2-5-9-18)19-12-10-17(11-13-19)15-16-7-3-6-14-22-16/h6,14,16H,1-5,7-13,15H2/t16-/m0/s1. The Kier molecular flexibility index (Phi) is 5.96. The summed E-state index contributed by atoms with van der Waals surface area (Å²) in [6, 6.07) is 0. The first-order chi connectivity index (χ1) is 11.2. The first kappa shape index (κ1) is 17.2. The quantitative estimate of drug-likeness (QED) is 0.775. The highest BCUT2D eigenvalue weighted by molar-refractivity contribution is 7.86. The van der Waals surface area contributed by atoms with Gasteiger partial charge in [-0.25, -0.2) is 0 Å². The topological polar surface area (TPSA) is 53.1 Å². The van der Waals surface area contributed by atoms with E-state index in [2.05, 4.69) is 11.0 Å². The predicted molar refractivity (Wildman–Crippen MR) is 90.2 cm³/mol. The third-order valence-corrected chi connectivity index (χ3v) is 7.07. The molecule has 0 aromatic rings. The Morgan fingerprint density at radius 3 is 2.17 bits per heavy atom. The van der Waals surface area contributed by atoms with Crippen LogP contribution in [0.2, 0.25) is 0 Å². The Balaban J connectivity index is 1.50. The molecule has 132 valence electrons. The molecule has 0 amide bonds. The summed E-state index contributed by atoms with van der Waals surface area (Å²) < 4.78 is 34.6. The fourth-order valence-corrected chi connectivity index (χ4v) is 5.26. The number of allylic oxidation sites excluding steroid dienone is 1.